The summed E-state index contributed by atoms with van der Waals surface area (Å²) in [7, 11) is 4.29. The standard InChI is InChI=1S/C25H25NO8S/c1-5-33-25(29)21-17(15-9-7-6-8-10-15)14-35-23(21)26-20(27)13-34-24(28)16-11-18(30-2)22(32-4)19(12-16)31-3/h6-12,14H,5,13H2,1-4H3,(H,26,27). The topological polar surface area (TPSA) is 109 Å². The fourth-order valence-corrected chi connectivity index (χ4v) is 4.24. The molecule has 0 radical (unpaired) electrons. The highest BCUT2D eigenvalue weighted by Gasteiger charge is 2.24. The average molecular weight is 500 g/mol. The van der Waals surface area contributed by atoms with Crippen LogP contribution in [0.4, 0.5) is 5.00 Å². The number of anilines is 1. The maximum Gasteiger partial charge on any atom is 0.341 e. The van der Waals surface area contributed by atoms with Gasteiger partial charge in [-0.3, -0.25) is 4.79 Å². The van der Waals surface area contributed by atoms with Gasteiger partial charge in [0.15, 0.2) is 18.1 Å². The van der Waals surface area contributed by atoms with E-state index in [1.165, 1.54) is 44.8 Å². The van der Waals surface area contributed by atoms with Gasteiger partial charge < -0.3 is 29.0 Å². The van der Waals surface area contributed by atoms with Crippen molar-refractivity contribution in [1.29, 1.82) is 0 Å². The summed E-state index contributed by atoms with van der Waals surface area (Å²) in [6.45, 7) is 1.31. The SMILES string of the molecule is CCOC(=O)c1c(-c2ccccc2)csc1NC(=O)COC(=O)c1cc(OC)c(OC)c(OC)c1. The molecule has 1 amide bonds. The summed E-state index contributed by atoms with van der Waals surface area (Å²) in [5, 5.41) is 4.71. The van der Waals surface area contributed by atoms with E-state index in [1.54, 1.807) is 12.3 Å². The van der Waals surface area contributed by atoms with Gasteiger partial charge in [0.2, 0.25) is 5.75 Å². The molecule has 3 aromatic rings. The van der Waals surface area contributed by atoms with Crippen LogP contribution in [0.5, 0.6) is 17.2 Å². The molecule has 0 aliphatic rings. The van der Waals surface area contributed by atoms with Crippen molar-refractivity contribution in [2.24, 2.45) is 0 Å². The first kappa shape index (κ1) is 25.6. The number of carbonyl (C=O) groups excluding carboxylic acids is 3. The minimum atomic E-state index is -0.763. The Labute approximate surface area is 206 Å². The quantitative estimate of drug-likeness (QED) is 0.409. The van der Waals surface area contributed by atoms with E-state index in [2.05, 4.69) is 5.32 Å². The van der Waals surface area contributed by atoms with E-state index in [0.717, 1.165) is 5.56 Å². The third kappa shape index (κ3) is 5.90. The van der Waals surface area contributed by atoms with Gasteiger partial charge in [-0.05, 0) is 24.6 Å². The number of hydrogen-bond donors (Lipinski definition) is 1. The highest BCUT2D eigenvalue weighted by Crippen LogP contribution is 2.38. The van der Waals surface area contributed by atoms with Crippen molar-refractivity contribution >= 4 is 34.2 Å². The largest absolute Gasteiger partial charge is 0.493 e. The van der Waals surface area contributed by atoms with Crippen molar-refractivity contribution in [2.75, 3.05) is 39.9 Å². The number of nitrogens with one attached hydrogen (secondary N) is 1. The van der Waals surface area contributed by atoms with Gasteiger partial charge >= 0.3 is 11.9 Å². The van der Waals surface area contributed by atoms with Gasteiger partial charge in [-0.2, -0.15) is 0 Å². The number of carbonyl (C=O) groups is 3. The molecule has 0 fully saturated rings. The van der Waals surface area contributed by atoms with Crippen LogP contribution in [0.1, 0.15) is 27.6 Å². The lowest BCUT2D eigenvalue weighted by Gasteiger charge is -2.13. The maximum absolute atomic E-state index is 12.6. The molecule has 0 unspecified atom stereocenters. The van der Waals surface area contributed by atoms with E-state index < -0.39 is 24.5 Å². The van der Waals surface area contributed by atoms with Crippen molar-refractivity contribution in [3.63, 3.8) is 0 Å². The molecule has 9 nitrogen and oxygen atoms in total. The van der Waals surface area contributed by atoms with Crippen LogP contribution in [0.2, 0.25) is 0 Å². The van der Waals surface area contributed by atoms with Gasteiger partial charge in [-0.1, -0.05) is 30.3 Å². The third-order valence-electron chi connectivity index (χ3n) is 4.84. The first-order valence-corrected chi connectivity index (χ1v) is 11.4. The van der Waals surface area contributed by atoms with Crippen LogP contribution in [-0.2, 0) is 14.3 Å². The Morgan fingerprint density at radius 2 is 1.54 bits per heavy atom. The molecule has 1 aromatic heterocycles. The van der Waals surface area contributed by atoms with E-state index in [4.69, 9.17) is 23.7 Å². The zero-order valence-electron chi connectivity index (χ0n) is 19.7. The number of thiophene rings is 1. The Hall–Kier alpha value is -4.05. The molecule has 35 heavy (non-hydrogen) atoms. The van der Waals surface area contributed by atoms with Crippen molar-refractivity contribution in [2.45, 2.75) is 6.92 Å². The van der Waals surface area contributed by atoms with Crippen molar-refractivity contribution < 1.29 is 38.1 Å². The second-order valence-electron chi connectivity index (χ2n) is 6.98. The van der Waals surface area contributed by atoms with Gasteiger partial charge in [0.1, 0.15) is 10.6 Å². The Morgan fingerprint density at radius 1 is 0.886 bits per heavy atom. The molecule has 1 N–H and O–H groups in total. The van der Waals surface area contributed by atoms with Gasteiger partial charge in [0.25, 0.3) is 5.91 Å². The summed E-state index contributed by atoms with van der Waals surface area (Å²) in [5.41, 5.74) is 1.80. The van der Waals surface area contributed by atoms with E-state index >= 15 is 0 Å². The maximum atomic E-state index is 12.6. The summed E-state index contributed by atoms with van der Waals surface area (Å²) in [6, 6.07) is 12.1. The number of esters is 2. The number of amides is 1. The summed E-state index contributed by atoms with van der Waals surface area (Å²) >= 11 is 1.18. The number of hydrogen-bond acceptors (Lipinski definition) is 9. The number of methoxy groups -OCH3 is 3. The number of rotatable bonds is 10. The lowest BCUT2D eigenvalue weighted by molar-refractivity contribution is -0.119. The Morgan fingerprint density at radius 3 is 2.11 bits per heavy atom. The van der Waals surface area contributed by atoms with Gasteiger partial charge in [0, 0.05) is 10.9 Å². The van der Waals surface area contributed by atoms with Crippen LogP contribution in [0.15, 0.2) is 47.8 Å². The number of ether oxygens (including phenoxy) is 5. The predicted octanol–water partition coefficient (Wildman–Crippen LogP) is 4.41. The van der Waals surface area contributed by atoms with Crippen molar-refractivity contribution in [3.05, 3.63) is 59.0 Å². The molecule has 0 atom stereocenters. The highest BCUT2D eigenvalue weighted by molar-refractivity contribution is 7.15. The number of benzene rings is 2. The highest BCUT2D eigenvalue weighted by atomic mass is 32.1. The summed E-state index contributed by atoms with van der Waals surface area (Å²) in [6.07, 6.45) is 0. The van der Waals surface area contributed by atoms with Crippen LogP contribution in [0, 0.1) is 0 Å². The van der Waals surface area contributed by atoms with Gasteiger partial charge in [-0.25, -0.2) is 9.59 Å². The molecular formula is C25H25NO8S. The fraction of sp³-hybridized carbons (Fsp3) is 0.240. The molecule has 0 saturated heterocycles. The van der Waals surface area contributed by atoms with Gasteiger partial charge in [-0.15, -0.1) is 11.3 Å². The summed E-state index contributed by atoms with van der Waals surface area (Å²) in [4.78, 5) is 37.8. The Bertz CT molecular complexity index is 1180. The molecule has 2 aromatic carbocycles. The summed E-state index contributed by atoms with van der Waals surface area (Å²) < 4.78 is 26.1. The third-order valence-corrected chi connectivity index (χ3v) is 5.74. The van der Waals surface area contributed by atoms with Crippen molar-refractivity contribution in [1.82, 2.24) is 0 Å². The van der Waals surface area contributed by atoms with E-state index in [0.29, 0.717) is 16.3 Å². The second kappa shape index (κ2) is 11.9. The molecule has 0 aliphatic carbocycles. The normalized spacial score (nSPS) is 10.3. The molecule has 3 rings (SSSR count). The zero-order chi connectivity index (χ0) is 25.4. The molecule has 0 bridgehead atoms. The Kier molecular flexibility index (Phi) is 8.69. The smallest absolute Gasteiger partial charge is 0.341 e. The first-order chi connectivity index (χ1) is 16.9. The molecular weight excluding hydrogens is 474 g/mol. The van der Waals surface area contributed by atoms with Crippen LogP contribution in [0.3, 0.4) is 0 Å². The molecule has 0 spiro atoms. The summed E-state index contributed by atoms with van der Waals surface area (Å²) in [5.74, 6) is -1.07. The van der Waals surface area contributed by atoms with E-state index in [-0.39, 0.29) is 29.2 Å². The zero-order valence-corrected chi connectivity index (χ0v) is 20.5. The second-order valence-corrected chi connectivity index (χ2v) is 7.86. The van der Waals surface area contributed by atoms with Crippen LogP contribution in [0.25, 0.3) is 11.1 Å². The molecule has 0 saturated carbocycles. The van der Waals surface area contributed by atoms with Crippen molar-refractivity contribution in [3.8, 4) is 28.4 Å². The lowest BCUT2D eigenvalue weighted by Crippen LogP contribution is -2.22. The van der Waals surface area contributed by atoms with E-state index in [1.807, 2.05) is 30.3 Å². The monoisotopic (exact) mass is 499 g/mol. The van der Waals surface area contributed by atoms with Gasteiger partial charge in [0.05, 0.1) is 33.5 Å². The van der Waals surface area contributed by atoms with E-state index in [9.17, 15) is 14.4 Å². The Balaban J connectivity index is 1.75. The van der Waals surface area contributed by atoms with Crippen LogP contribution < -0.4 is 19.5 Å². The molecule has 184 valence electrons. The first-order valence-electron chi connectivity index (χ1n) is 10.5. The van der Waals surface area contributed by atoms with Crippen LogP contribution in [-0.4, -0.2) is 52.4 Å². The van der Waals surface area contributed by atoms with Crippen LogP contribution >= 0.6 is 11.3 Å². The lowest BCUT2D eigenvalue weighted by atomic mass is 10.0. The average Bonchev–Trinajstić information content (AvgIpc) is 3.30. The predicted molar refractivity (Wildman–Crippen MR) is 131 cm³/mol. The fourth-order valence-electron chi connectivity index (χ4n) is 3.26. The molecule has 10 heteroatoms. The minimum absolute atomic E-state index is 0.113. The minimum Gasteiger partial charge on any atom is -0.493 e. The molecule has 0 aliphatic heterocycles. The molecule has 1 heterocycles.